The van der Waals surface area contributed by atoms with Gasteiger partial charge in [-0.05, 0) is 18.7 Å². The third-order valence-electron chi connectivity index (χ3n) is 0.833. The standard InChI is InChI=1S/C5H7NO.K/c7-5-3-1-2-4-6-5;/h3-4,7H,1-2H2;/q;+1/p-1. The number of aliphatic imine (C=N–C) groups is 1. The van der Waals surface area contributed by atoms with Crippen molar-refractivity contribution in [3.8, 4) is 0 Å². The van der Waals surface area contributed by atoms with Crippen molar-refractivity contribution >= 4 is 6.21 Å². The first-order valence-electron chi connectivity index (χ1n) is 2.29. The molecule has 0 bridgehead atoms. The second-order valence-electron chi connectivity index (χ2n) is 1.43. The average Bonchev–Trinajstić information content (AvgIpc) is 1.69. The van der Waals surface area contributed by atoms with Crippen LogP contribution in [0.5, 0.6) is 0 Å². The molecule has 38 valence electrons. The minimum absolute atomic E-state index is 0. The van der Waals surface area contributed by atoms with Gasteiger partial charge >= 0.3 is 51.4 Å². The van der Waals surface area contributed by atoms with Gasteiger partial charge in [0.15, 0.2) is 0 Å². The molecule has 0 fully saturated rings. The molecule has 0 saturated heterocycles. The molecule has 0 amide bonds. The van der Waals surface area contributed by atoms with Crippen LogP contribution in [-0.2, 0) is 0 Å². The first-order valence-corrected chi connectivity index (χ1v) is 2.29. The predicted molar refractivity (Wildman–Crippen MR) is 25.8 cm³/mol. The molecule has 2 nitrogen and oxygen atoms in total. The Kier molecular flexibility index (Phi) is 5.20. The summed E-state index contributed by atoms with van der Waals surface area (Å²) in [5, 5.41) is 10.2. The van der Waals surface area contributed by atoms with Crippen LogP contribution in [0.25, 0.3) is 0 Å². The number of rotatable bonds is 0. The Labute approximate surface area is 91.1 Å². The molecule has 3 heteroatoms. The molecule has 1 aliphatic heterocycles. The Morgan fingerprint density at radius 2 is 2.25 bits per heavy atom. The van der Waals surface area contributed by atoms with Gasteiger partial charge in [-0.2, -0.15) is 0 Å². The van der Waals surface area contributed by atoms with Crippen LogP contribution in [0.15, 0.2) is 17.0 Å². The number of allylic oxidation sites excluding steroid dienone is 1. The van der Waals surface area contributed by atoms with Gasteiger partial charge in [-0.15, -0.1) is 0 Å². The first-order chi connectivity index (χ1) is 3.39. The van der Waals surface area contributed by atoms with E-state index in [1.54, 1.807) is 12.3 Å². The summed E-state index contributed by atoms with van der Waals surface area (Å²) in [6.07, 6.45) is 5.04. The maximum atomic E-state index is 10.2. The third-order valence-corrected chi connectivity index (χ3v) is 0.833. The van der Waals surface area contributed by atoms with Gasteiger partial charge in [-0.1, -0.05) is 6.08 Å². The van der Waals surface area contributed by atoms with Gasteiger partial charge in [0.25, 0.3) is 0 Å². The zero-order valence-electron chi connectivity index (χ0n) is 4.92. The van der Waals surface area contributed by atoms with E-state index in [1.165, 1.54) is 0 Å². The number of nitrogens with zero attached hydrogens (tertiary/aromatic N) is 1. The Morgan fingerprint density at radius 1 is 1.50 bits per heavy atom. The fraction of sp³-hybridized carbons (Fsp3) is 0.400. The summed E-state index contributed by atoms with van der Waals surface area (Å²) in [4.78, 5) is 3.51. The molecule has 0 aliphatic carbocycles. The van der Waals surface area contributed by atoms with Gasteiger partial charge < -0.3 is 5.11 Å². The van der Waals surface area contributed by atoms with E-state index in [0.29, 0.717) is 0 Å². The van der Waals surface area contributed by atoms with Crippen LogP contribution in [0.1, 0.15) is 12.8 Å². The molecular formula is C5H6KNO. The molecule has 8 heavy (non-hydrogen) atoms. The normalized spacial score (nSPS) is 16.8. The zero-order valence-corrected chi connectivity index (χ0v) is 8.05. The van der Waals surface area contributed by atoms with Crippen LogP contribution >= 0.6 is 0 Å². The molecule has 0 unspecified atom stereocenters. The molecule has 0 aromatic carbocycles. The molecule has 0 N–H and O–H groups in total. The summed E-state index contributed by atoms with van der Waals surface area (Å²) in [6, 6.07) is 0. The van der Waals surface area contributed by atoms with E-state index in [4.69, 9.17) is 0 Å². The van der Waals surface area contributed by atoms with Gasteiger partial charge in [-0.3, -0.25) is 4.99 Å². The second-order valence-corrected chi connectivity index (χ2v) is 1.43. The minimum atomic E-state index is -0.0914. The Balaban J connectivity index is 0.000000490. The first kappa shape index (κ1) is 8.85. The maximum Gasteiger partial charge on any atom is 1.00 e. The van der Waals surface area contributed by atoms with Crippen molar-refractivity contribution in [1.29, 1.82) is 0 Å². The van der Waals surface area contributed by atoms with Crippen molar-refractivity contribution in [3.05, 3.63) is 12.0 Å². The van der Waals surface area contributed by atoms with Gasteiger partial charge in [0.2, 0.25) is 0 Å². The zero-order chi connectivity index (χ0) is 5.11. The number of hydrogen-bond donors (Lipinski definition) is 0. The van der Waals surface area contributed by atoms with E-state index in [-0.39, 0.29) is 57.3 Å². The molecule has 0 aromatic rings. The quantitative estimate of drug-likeness (QED) is 0.327. The van der Waals surface area contributed by atoms with Crippen molar-refractivity contribution in [1.82, 2.24) is 0 Å². The van der Waals surface area contributed by atoms with Crippen molar-refractivity contribution in [2.45, 2.75) is 12.8 Å². The van der Waals surface area contributed by atoms with Crippen molar-refractivity contribution in [2.24, 2.45) is 4.99 Å². The van der Waals surface area contributed by atoms with Crippen LogP contribution in [0.4, 0.5) is 0 Å². The van der Waals surface area contributed by atoms with Gasteiger partial charge in [0, 0.05) is 6.21 Å². The van der Waals surface area contributed by atoms with Crippen molar-refractivity contribution in [2.75, 3.05) is 0 Å². The molecule has 0 aromatic heterocycles. The predicted octanol–water partition coefficient (Wildman–Crippen LogP) is -2.94. The Morgan fingerprint density at radius 3 is 2.50 bits per heavy atom. The monoisotopic (exact) mass is 135 g/mol. The van der Waals surface area contributed by atoms with Gasteiger partial charge in [0.1, 0.15) is 0 Å². The van der Waals surface area contributed by atoms with E-state index >= 15 is 0 Å². The van der Waals surface area contributed by atoms with E-state index in [1.807, 2.05) is 0 Å². The SMILES string of the molecule is [K+].[O-]C1=CCCC=N1. The van der Waals surface area contributed by atoms with Crippen LogP contribution in [-0.4, -0.2) is 6.21 Å². The Hall–Kier alpha value is 0.846. The Bertz CT molecular complexity index is 120. The molecule has 0 radical (unpaired) electrons. The van der Waals surface area contributed by atoms with Gasteiger partial charge in [-0.25, -0.2) is 0 Å². The maximum absolute atomic E-state index is 10.2. The van der Waals surface area contributed by atoms with E-state index < -0.39 is 0 Å². The molecule has 1 heterocycles. The number of hydrogen-bond acceptors (Lipinski definition) is 2. The third kappa shape index (κ3) is 2.99. The summed E-state index contributed by atoms with van der Waals surface area (Å²) < 4.78 is 0. The average molecular weight is 135 g/mol. The second kappa shape index (κ2) is 4.70. The van der Waals surface area contributed by atoms with E-state index in [2.05, 4.69) is 4.99 Å². The molecule has 0 spiro atoms. The van der Waals surface area contributed by atoms with Crippen molar-refractivity contribution in [3.63, 3.8) is 0 Å². The van der Waals surface area contributed by atoms with E-state index in [9.17, 15) is 5.11 Å². The summed E-state index contributed by atoms with van der Waals surface area (Å²) in [5.41, 5.74) is 0. The topological polar surface area (TPSA) is 35.4 Å². The minimum Gasteiger partial charge on any atom is -0.859 e. The van der Waals surface area contributed by atoms with Crippen LogP contribution in [0.2, 0.25) is 0 Å². The van der Waals surface area contributed by atoms with E-state index in [0.717, 1.165) is 12.8 Å². The van der Waals surface area contributed by atoms with Crippen LogP contribution in [0.3, 0.4) is 0 Å². The summed E-state index contributed by atoms with van der Waals surface area (Å²) >= 11 is 0. The van der Waals surface area contributed by atoms with Crippen LogP contribution < -0.4 is 56.5 Å². The van der Waals surface area contributed by atoms with Crippen LogP contribution in [0, 0.1) is 0 Å². The summed E-state index contributed by atoms with van der Waals surface area (Å²) in [5.74, 6) is -0.0914. The largest absolute Gasteiger partial charge is 1.00 e. The molecule has 0 atom stereocenters. The van der Waals surface area contributed by atoms with Gasteiger partial charge in [0.05, 0.1) is 0 Å². The van der Waals surface area contributed by atoms with Crippen molar-refractivity contribution < 1.29 is 56.5 Å². The molecule has 1 aliphatic rings. The summed E-state index contributed by atoms with van der Waals surface area (Å²) in [7, 11) is 0. The fourth-order valence-electron chi connectivity index (χ4n) is 0.489. The summed E-state index contributed by atoms with van der Waals surface area (Å²) in [6.45, 7) is 0. The fourth-order valence-corrected chi connectivity index (χ4v) is 0.489. The molecular weight excluding hydrogens is 129 g/mol. The smallest absolute Gasteiger partial charge is 0.859 e. The molecule has 1 rings (SSSR count). The molecule has 0 saturated carbocycles.